The predicted molar refractivity (Wildman–Crippen MR) is 54.5 cm³/mol. The molecule has 0 aromatic heterocycles. The van der Waals surface area contributed by atoms with Gasteiger partial charge in [0.2, 0.25) is 0 Å². The van der Waals surface area contributed by atoms with Crippen LogP contribution in [0.3, 0.4) is 0 Å². The van der Waals surface area contributed by atoms with Crippen molar-refractivity contribution in [2.24, 2.45) is 0 Å². The maximum Gasteiger partial charge on any atom is 0.123 e. The lowest BCUT2D eigenvalue weighted by Crippen LogP contribution is -2.04. The van der Waals surface area contributed by atoms with E-state index in [4.69, 9.17) is 5.11 Å². The number of hydrogen-bond donors (Lipinski definition) is 1. The molecule has 0 radical (unpaired) electrons. The lowest BCUT2D eigenvalue weighted by Gasteiger charge is -2.03. The largest absolute Gasteiger partial charge is 0.393 e. The molecule has 0 aliphatic rings. The number of aliphatic hydroxyl groups is 1. The lowest BCUT2D eigenvalue weighted by atomic mass is 10.1. The Labute approximate surface area is 80.7 Å². The number of hydrogen-bond acceptors (Lipinski definition) is 1. The van der Waals surface area contributed by atoms with Crippen molar-refractivity contribution < 1.29 is 9.50 Å². The van der Waals surface area contributed by atoms with E-state index in [0.29, 0.717) is 6.42 Å². The van der Waals surface area contributed by atoms with Crippen LogP contribution in [0, 0.1) is 0 Å². The molecule has 1 atom stereocenters. The van der Waals surface area contributed by atoms with Crippen LogP contribution in [0.5, 0.6) is 0 Å². The number of allylic oxidation sites excluding steroid dienone is 1. The Hall–Kier alpha value is -0.370. The highest BCUT2D eigenvalue weighted by Gasteiger charge is 2.02. The lowest BCUT2D eigenvalue weighted by molar-refractivity contribution is 0.167. The average Bonchev–Trinajstić information content (AvgIpc) is 2.16. The first-order valence-corrected chi connectivity index (χ1v) is 5.17. The summed E-state index contributed by atoms with van der Waals surface area (Å²) in [5.74, 6) is 0. The third-order valence-electron chi connectivity index (χ3n) is 2.12. The van der Waals surface area contributed by atoms with E-state index >= 15 is 0 Å². The highest BCUT2D eigenvalue weighted by Crippen LogP contribution is 2.09. The quantitative estimate of drug-likeness (QED) is 0.435. The van der Waals surface area contributed by atoms with Crippen LogP contribution in [-0.4, -0.2) is 17.9 Å². The molecular formula is C11H21FO. The van der Waals surface area contributed by atoms with Crippen molar-refractivity contribution in [3.05, 3.63) is 12.7 Å². The number of halogens is 1. The highest BCUT2D eigenvalue weighted by molar-refractivity contribution is 4.65. The van der Waals surface area contributed by atoms with Gasteiger partial charge in [-0.2, -0.15) is 0 Å². The van der Waals surface area contributed by atoms with E-state index in [0.717, 1.165) is 19.3 Å². The summed E-state index contributed by atoms with van der Waals surface area (Å²) >= 11 is 0. The van der Waals surface area contributed by atoms with Crippen LogP contribution in [0.15, 0.2) is 12.7 Å². The van der Waals surface area contributed by atoms with Crippen molar-refractivity contribution in [3.8, 4) is 0 Å². The molecule has 1 nitrogen and oxygen atoms in total. The second-order valence-corrected chi connectivity index (χ2v) is 3.41. The average molecular weight is 188 g/mol. The molecule has 0 aliphatic carbocycles. The van der Waals surface area contributed by atoms with Gasteiger partial charge < -0.3 is 5.11 Å². The molecule has 0 heterocycles. The predicted octanol–water partition coefficient (Wildman–Crippen LogP) is 3.23. The summed E-state index contributed by atoms with van der Waals surface area (Å²) in [5.41, 5.74) is 0. The van der Waals surface area contributed by atoms with Gasteiger partial charge in [0.1, 0.15) is 6.17 Å². The summed E-state index contributed by atoms with van der Waals surface area (Å²) in [4.78, 5) is 0. The normalized spacial score (nSPS) is 12.8. The van der Waals surface area contributed by atoms with Crippen LogP contribution in [0.2, 0.25) is 0 Å². The van der Waals surface area contributed by atoms with Crippen LogP contribution in [0.25, 0.3) is 0 Å². The first-order valence-electron chi connectivity index (χ1n) is 5.17. The SMILES string of the molecule is C=CCCCCCCCC(F)CO. The van der Waals surface area contributed by atoms with E-state index in [9.17, 15) is 4.39 Å². The summed E-state index contributed by atoms with van der Waals surface area (Å²) in [6.45, 7) is 3.33. The molecule has 0 amide bonds. The topological polar surface area (TPSA) is 20.2 Å². The van der Waals surface area contributed by atoms with Crippen molar-refractivity contribution in [1.82, 2.24) is 0 Å². The van der Waals surface area contributed by atoms with Gasteiger partial charge in [0.15, 0.2) is 0 Å². The summed E-state index contributed by atoms with van der Waals surface area (Å²) in [6.07, 6.45) is 8.08. The molecule has 0 saturated heterocycles. The van der Waals surface area contributed by atoms with E-state index in [1.807, 2.05) is 6.08 Å². The zero-order chi connectivity index (χ0) is 9.94. The third-order valence-corrected chi connectivity index (χ3v) is 2.12. The van der Waals surface area contributed by atoms with Crippen LogP contribution >= 0.6 is 0 Å². The first-order chi connectivity index (χ1) is 6.31. The minimum Gasteiger partial charge on any atom is -0.393 e. The van der Waals surface area contributed by atoms with Gasteiger partial charge in [-0.25, -0.2) is 4.39 Å². The number of aliphatic hydroxyl groups excluding tert-OH is 1. The number of unbranched alkanes of at least 4 members (excludes halogenated alkanes) is 5. The fraction of sp³-hybridized carbons (Fsp3) is 0.818. The number of alkyl halides is 1. The number of rotatable bonds is 9. The van der Waals surface area contributed by atoms with Gasteiger partial charge in [0.05, 0.1) is 6.61 Å². The molecule has 1 unspecified atom stereocenters. The minimum absolute atomic E-state index is 0.323. The highest BCUT2D eigenvalue weighted by atomic mass is 19.1. The molecule has 78 valence electrons. The van der Waals surface area contributed by atoms with Gasteiger partial charge in [-0.3, -0.25) is 0 Å². The monoisotopic (exact) mass is 188 g/mol. The second-order valence-electron chi connectivity index (χ2n) is 3.41. The summed E-state index contributed by atoms with van der Waals surface area (Å²) in [5, 5.41) is 8.42. The van der Waals surface area contributed by atoms with E-state index in [2.05, 4.69) is 6.58 Å². The van der Waals surface area contributed by atoms with E-state index in [1.165, 1.54) is 19.3 Å². The molecule has 0 aromatic carbocycles. The molecule has 0 bridgehead atoms. The third kappa shape index (κ3) is 9.54. The van der Waals surface area contributed by atoms with Gasteiger partial charge in [0, 0.05) is 0 Å². The van der Waals surface area contributed by atoms with E-state index in [-0.39, 0.29) is 6.61 Å². The summed E-state index contributed by atoms with van der Waals surface area (Å²) in [6, 6.07) is 0. The molecular weight excluding hydrogens is 167 g/mol. The summed E-state index contributed by atoms with van der Waals surface area (Å²) in [7, 11) is 0. The van der Waals surface area contributed by atoms with Gasteiger partial charge in [0.25, 0.3) is 0 Å². The Balaban J connectivity index is 2.95. The fourth-order valence-corrected chi connectivity index (χ4v) is 1.28. The molecule has 0 fully saturated rings. The Morgan fingerprint density at radius 2 is 1.77 bits per heavy atom. The van der Waals surface area contributed by atoms with Crippen molar-refractivity contribution >= 4 is 0 Å². The van der Waals surface area contributed by atoms with Crippen LogP contribution in [0.4, 0.5) is 4.39 Å². The fourth-order valence-electron chi connectivity index (χ4n) is 1.28. The van der Waals surface area contributed by atoms with E-state index in [1.54, 1.807) is 0 Å². The van der Waals surface area contributed by atoms with Crippen molar-refractivity contribution in [3.63, 3.8) is 0 Å². The Morgan fingerprint density at radius 1 is 1.15 bits per heavy atom. The zero-order valence-corrected chi connectivity index (χ0v) is 8.34. The zero-order valence-electron chi connectivity index (χ0n) is 8.34. The van der Waals surface area contributed by atoms with Gasteiger partial charge in [-0.05, 0) is 19.3 Å². The van der Waals surface area contributed by atoms with Crippen LogP contribution in [-0.2, 0) is 0 Å². The van der Waals surface area contributed by atoms with Crippen molar-refractivity contribution in [1.29, 1.82) is 0 Å². The van der Waals surface area contributed by atoms with Gasteiger partial charge >= 0.3 is 0 Å². The molecule has 0 aromatic rings. The van der Waals surface area contributed by atoms with Gasteiger partial charge in [-0.15, -0.1) is 6.58 Å². The Kier molecular flexibility index (Phi) is 9.44. The summed E-state index contributed by atoms with van der Waals surface area (Å²) < 4.78 is 12.5. The molecule has 1 N–H and O–H groups in total. The molecule has 13 heavy (non-hydrogen) atoms. The molecule has 0 saturated carbocycles. The Bertz CT molecular complexity index is 115. The van der Waals surface area contributed by atoms with Crippen LogP contribution < -0.4 is 0 Å². The minimum atomic E-state index is -1.01. The van der Waals surface area contributed by atoms with Crippen LogP contribution in [0.1, 0.15) is 44.9 Å². The molecule has 0 rings (SSSR count). The Morgan fingerprint density at radius 3 is 2.38 bits per heavy atom. The maximum atomic E-state index is 12.5. The van der Waals surface area contributed by atoms with E-state index < -0.39 is 6.17 Å². The molecule has 0 aliphatic heterocycles. The maximum absolute atomic E-state index is 12.5. The molecule has 0 spiro atoms. The first kappa shape index (κ1) is 12.6. The second kappa shape index (κ2) is 9.72. The standard InChI is InChI=1S/C11H21FO/c1-2-3-4-5-6-7-8-9-11(12)10-13/h2,11,13H,1,3-10H2. The van der Waals surface area contributed by atoms with Crippen molar-refractivity contribution in [2.45, 2.75) is 51.1 Å². The smallest absolute Gasteiger partial charge is 0.123 e. The van der Waals surface area contributed by atoms with Gasteiger partial charge in [-0.1, -0.05) is 31.8 Å². The molecule has 2 heteroatoms. The van der Waals surface area contributed by atoms with Crippen molar-refractivity contribution in [2.75, 3.05) is 6.61 Å².